The van der Waals surface area contributed by atoms with E-state index in [1.165, 1.54) is 4.88 Å². The van der Waals surface area contributed by atoms with Crippen molar-refractivity contribution in [2.24, 2.45) is 10.9 Å². The van der Waals surface area contributed by atoms with Crippen molar-refractivity contribution >= 4 is 41.3 Å². The van der Waals surface area contributed by atoms with Gasteiger partial charge in [-0.25, -0.2) is 0 Å². The van der Waals surface area contributed by atoms with Crippen molar-refractivity contribution in [1.82, 2.24) is 10.6 Å². The van der Waals surface area contributed by atoms with E-state index in [0.717, 1.165) is 24.5 Å². The first-order valence-electron chi connectivity index (χ1n) is 7.67. The lowest BCUT2D eigenvalue weighted by Gasteiger charge is -2.15. The van der Waals surface area contributed by atoms with Crippen LogP contribution in [-0.2, 0) is 13.0 Å². The number of guanidine groups is 1. The molecule has 24 heavy (non-hydrogen) atoms. The van der Waals surface area contributed by atoms with Crippen molar-refractivity contribution < 1.29 is 0 Å². The monoisotopic (exact) mass is 454 g/mol. The van der Waals surface area contributed by atoms with E-state index in [2.05, 4.69) is 46.1 Å². The van der Waals surface area contributed by atoms with Gasteiger partial charge in [-0.05, 0) is 41.5 Å². The number of nitrogens with zero attached hydrogens (tertiary/aromatic N) is 2. The molecule has 1 aromatic heterocycles. The van der Waals surface area contributed by atoms with Crippen LogP contribution in [-0.4, -0.2) is 19.6 Å². The van der Waals surface area contributed by atoms with Crippen LogP contribution in [0.1, 0.15) is 22.9 Å². The van der Waals surface area contributed by atoms with E-state index < -0.39 is 0 Å². The Morgan fingerprint density at radius 2 is 2.00 bits per heavy atom. The molecule has 2 N–H and O–H groups in total. The molecule has 4 nitrogen and oxygen atoms in total. The minimum absolute atomic E-state index is 0. The first kappa shape index (κ1) is 20.5. The van der Waals surface area contributed by atoms with Gasteiger partial charge in [0.15, 0.2) is 5.96 Å². The quantitative estimate of drug-likeness (QED) is 0.397. The fourth-order valence-electron chi connectivity index (χ4n) is 2.22. The molecule has 0 radical (unpaired) electrons. The second-order valence-electron chi connectivity index (χ2n) is 5.50. The molecule has 0 aliphatic carbocycles. The van der Waals surface area contributed by atoms with Gasteiger partial charge in [-0.15, -0.1) is 35.3 Å². The zero-order chi connectivity index (χ0) is 16.5. The standard InChI is InChI=1S/C18H22N4S.HI/c1-14(10-17-4-3-9-23-17)12-21-18(20-2)22-13-16-7-5-15(11-19)6-8-16;/h3-9,14H,10,12-13H2,1-2H3,(H2,20,21,22);1H. The molecule has 128 valence electrons. The maximum atomic E-state index is 8.80. The highest BCUT2D eigenvalue weighted by molar-refractivity contribution is 14.0. The first-order chi connectivity index (χ1) is 11.2. The number of hydrogen-bond acceptors (Lipinski definition) is 3. The van der Waals surface area contributed by atoms with Crippen LogP contribution in [0.25, 0.3) is 0 Å². The highest BCUT2D eigenvalue weighted by atomic mass is 127. The number of thiophene rings is 1. The first-order valence-corrected chi connectivity index (χ1v) is 8.55. The largest absolute Gasteiger partial charge is 0.356 e. The third-order valence-corrected chi connectivity index (χ3v) is 4.41. The molecule has 0 saturated heterocycles. The van der Waals surface area contributed by atoms with Gasteiger partial charge in [0, 0.05) is 25.0 Å². The lowest BCUT2D eigenvalue weighted by atomic mass is 10.1. The molecule has 0 aliphatic heterocycles. The average Bonchev–Trinajstić information content (AvgIpc) is 3.08. The Labute approximate surface area is 165 Å². The smallest absolute Gasteiger partial charge is 0.191 e. The van der Waals surface area contributed by atoms with E-state index in [0.29, 0.717) is 18.0 Å². The molecule has 0 fully saturated rings. The van der Waals surface area contributed by atoms with Gasteiger partial charge in [-0.1, -0.05) is 25.1 Å². The van der Waals surface area contributed by atoms with Crippen LogP contribution in [0, 0.1) is 17.2 Å². The summed E-state index contributed by atoms with van der Waals surface area (Å²) < 4.78 is 0. The molecule has 6 heteroatoms. The van der Waals surface area contributed by atoms with Gasteiger partial charge in [-0.3, -0.25) is 4.99 Å². The minimum atomic E-state index is 0. The molecule has 1 unspecified atom stereocenters. The predicted molar refractivity (Wildman–Crippen MR) is 112 cm³/mol. The van der Waals surface area contributed by atoms with E-state index in [4.69, 9.17) is 5.26 Å². The van der Waals surface area contributed by atoms with Gasteiger partial charge in [0.1, 0.15) is 0 Å². The average molecular weight is 454 g/mol. The normalized spacial score (nSPS) is 12.0. The van der Waals surface area contributed by atoms with Crippen molar-refractivity contribution in [1.29, 1.82) is 5.26 Å². The second-order valence-corrected chi connectivity index (χ2v) is 6.54. The van der Waals surface area contributed by atoms with Crippen molar-refractivity contribution in [2.75, 3.05) is 13.6 Å². The van der Waals surface area contributed by atoms with Crippen molar-refractivity contribution in [3.05, 3.63) is 57.8 Å². The third kappa shape index (κ3) is 6.89. The van der Waals surface area contributed by atoms with Crippen LogP contribution in [0.4, 0.5) is 0 Å². The minimum Gasteiger partial charge on any atom is -0.356 e. The van der Waals surface area contributed by atoms with E-state index in [9.17, 15) is 0 Å². The molecule has 0 spiro atoms. The lowest BCUT2D eigenvalue weighted by molar-refractivity contribution is 0.562. The predicted octanol–water partition coefficient (Wildman–Crippen LogP) is 3.78. The van der Waals surface area contributed by atoms with Crippen LogP contribution >= 0.6 is 35.3 Å². The van der Waals surface area contributed by atoms with Crippen molar-refractivity contribution in [3.8, 4) is 6.07 Å². The van der Waals surface area contributed by atoms with Crippen LogP contribution in [0.3, 0.4) is 0 Å². The third-order valence-electron chi connectivity index (χ3n) is 3.51. The van der Waals surface area contributed by atoms with Gasteiger partial charge in [-0.2, -0.15) is 5.26 Å². The molecule has 2 aromatic rings. The van der Waals surface area contributed by atoms with Crippen molar-refractivity contribution in [2.45, 2.75) is 19.9 Å². The summed E-state index contributed by atoms with van der Waals surface area (Å²) >= 11 is 1.81. The molecular weight excluding hydrogens is 431 g/mol. The summed E-state index contributed by atoms with van der Waals surface area (Å²) in [6, 6.07) is 14.0. The summed E-state index contributed by atoms with van der Waals surface area (Å²) in [7, 11) is 1.78. The fraction of sp³-hybridized carbons (Fsp3) is 0.333. The number of nitrogens with one attached hydrogen (secondary N) is 2. The summed E-state index contributed by atoms with van der Waals surface area (Å²) in [6.45, 7) is 3.80. The Bertz CT molecular complexity index is 659. The van der Waals surface area contributed by atoms with Crippen LogP contribution in [0.15, 0.2) is 46.8 Å². The SMILES string of the molecule is CN=C(NCc1ccc(C#N)cc1)NCC(C)Cc1cccs1.I. The molecule has 1 heterocycles. The molecule has 0 saturated carbocycles. The Morgan fingerprint density at radius 1 is 1.25 bits per heavy atom. The number of benzene rings is 1. The van der Waals surface area contributed by atoms with E-state index >= 15 is 0 Å². The summed E-state index contributed by atoms with van der Waals surface area (Å²) in [6.07, 6.45) is 1.08. The summed E-state index contributed by atoms with van der Waals surface area (Å²) in [5, 5.41) is 17.6. The number of hydrogen-bond donors (Lipinski definition) is 2. The van der Waals surface area contributed by atoms with E-state index in [1.807, 2.05) is 24.3 Å². The molecular formula is C18H23IN4S. The van der Waals surface area contributed by atoms with Gasteiger partial charge in [0.25, 0.3) is 0 Å². The highest BCUT2D eigenvalue weighted by Crippen LogP contribution is 2.13. The lowest BCUT2D eigenvalue weighted by Crippen LogP contribution is -2.39. The van der Waals surface area contributed by atoms with E-state index in [-0.39, 0.29) is 24.0 Å². The Kier molecular flexibility index (Phi) is 9.42. The summed E-state index contributed by atoms with van der Waals surface area (Å²) in [5.74, 6) is 1.34. The Balaban J connectivity index is 0.00000288. The fourth-order valence-corrected chi connectivity index (χ4v) is 3.09. The highest BCUT2D eigenvalue weighted by Gasteiger charge is 2.06. The van der Waals surface area contributed by atoms with Crippen LogP contribution in [0.2, 0.25) is 0 Å². The van der Waals surface area contributed by atoms with Crippen molar-refractivity contribution in [3.63, 3.8) is 0 Å². The molecule has 1 aromatic carbocycles. The van der Waals surface area contributed by atoms with Crippen LogP contribution in [0.5, 0.6) is 0 Å². The Hall–Kier alpha value is -1.59. The topological polar surface area (TPSA) is 60.2 Å². The number of nitriles is 1. The molecule has 0 amide bonds. The van der Waals surface area contributed by atoms with Gasteiger partial charge in [0.05, 0.1) is 11.6 Å². The molecule has 1 atom stereocenters. The zero-order valence-corrected chi connectivity index (χ0v) is 17.1. The summed E-state index contributed by atoms with van der Waals surface area (Å²) in [4.78, 5) is 5.67. The number of rotatable bonds is 6. The zero-order valence-electron chi connectivity index (χ0n) is 14.0. The maximum absolute atomic E-state index is 8.80. The van der Waals surface area contributed by atoms with Gasteiger partial charge < -0.3 is 10.6 Å². The molecule has 0 bridgehead atoms. The summed E-state index contributed by atoms with van der Waals surface area (Å²) in [5.41, 5.74) is 1.80. The number of halogens is 1. The molecule has 2 rings (SSSR count). The number of aliphatic imine (C=N–C) groups is 1. The van der Waals surface area contributed by atoms with E-state index in [1.54, 1.807) is 18.4 Å². The van der Waals surface area contributed by atoms with Crippen LogP contribution < -0.4 is 10.6 Å². The second kappa shape index (κ2) is 11.0. The van der Waals surface area contributed by atoms with Gasteiger partial charge in [0.2, 0.25) is 0 Å². The Morgan fingerprint density at radius 3 is 2.58 bits per heavy atom. The molecule has 0 aliphatic rings. The van der Waals surface area contributed by atoms with Gasteiger partial charge >= 0.3 is 0 Å². The maximum Gasteiger partial charge on any atom is 0.191 e.